The van der Waals surface area contributed by atoms with Crippen molar-refractivity contribution in [2.24, 2.45) is 0 Å². The molecule has 3 atom stereocenters. The highest BCUT2D eigenvalue weighted by Gasteiger charge is 2.34. The number of rotatable bonds is 17. The third-order valence-corrected chi connectivity index (χ3v) is 7.73. The minimum Gasteiger partial charge on any atom is -0.354 e. The minimum atomic E-state index is -0.698. The van der Waals surface area contributed by atoms with E-state index in [1.807, 2.05) is 0 Å². The molecule has 2 saturated heterocycles. The number of carbonyl (C=O) groups excluding carboxylic acids is 5. The standard InChI is InChI=1S/C29H52N6O5/c1-21(2)30-16-8-5-6-9-17-31-27(38)24(33-29(40)26-15-12-20-35(26)23(4)37)13-7-10-18-32-28(39)25-14-11-19-34(25)22(3)36/h21,24-26,30H,5-20H2,1-4H3,(H,31,38)(H,32,39)(H,33,40). The van der Waals surface area contributed by atoms with E-state index in [9.17, 15) is 24.0 Å². The van der Waals surface area contributed by atoms with Gasteiger partial charge in [-0.15, -0.1) is 0 Å². The summed E-state index contributed by atoms with van der Waals surface area (Å²) in [6.07, 6.45) is 8.66. The van der Waals surface area contributed by atoms with Gasteiger partial charge in [0, 0.05) is 46.1 Å². The molecule has 3 unspecified atom stereocenters. The van der Waals surface area contributed by atoms with Crippen molar-refractivity contribution in [2.75, 3.05) is 32.7 Å². The molecule has 5 amide bonds. The molecule has 0 spiro atoms. The lowest BCUT2D eigenvalue weighted by atomic mass is 10.1. The summed E-state index contributed by atoms with van der Waals surface area (Å²) in [7, 11) is 0. The Kier molecular flexibility index (Phi) is 15.0. The van der Waals surface area contributed by atoms with Crippen molar-refractivity contribution in [1.82, 2.24) is 31.1 Å². The van der Waals surface area contributed by atoms with Crippen molar-refractivity contribution in [3.63, 3.8) is 0 Å². The zero-order valence-corrected chi connectivity index (χ0v) is 25.1. The summed E-state index contributed by atoms with van der Waals surface area (Å²) >= 11 is 0. The molecule has 228 valence electrons. The van der Waals surface area contributed by atoms with Gasteiger partial charge < -0.3 is 31.1 Å². The van der Waals surface area contributed by atoms with Crippen LogP contribution >= 0.6 is 0 Å². The minimum absolute atomic E-state index is 0.0871. The maximum Gasteiger partial charge on any atom is 0.243 e. The van der Waals surface area contributed by atoms with Gasteiger partial charge in [0.25, 0.3) is 0 Å². The Morgan fingerprint density at radius 2 is 1.23 bits per heavy atom. The number of amides is 5. The van der Waals surface area contributed by atoms with Gasteiger partial charge in [-0.2, -0.15) is 0 Å². The molecule has 0 aromatic rings. The molecule has 2 aliphatic rings. The van der Waals surface area contributed by atoms with Crippen LogP contribution in [-0.2, 0) is 24.0 Å². The van der Waals surface area contributed by atoms with Crippen molar-refractivity contribution in [1.29, 1.82) is 0 Å². The smallest absolute Gasteiger partial charge is 0.243 e. The number of likely N-dealkylation sites (tertiary alicyclic amines) is 2. The summed E-state index contributed by atoms with van der Waals surface area (Å²) in [4.78, 5) is 65.5. The zero-order valence-electron chi connectivity index (χ0n) is 25.1. The number of unbranched alkanes of at least 4 members (excludes halogenated alkanes) is 4. The van der Waals surface area contributed by atoms with E-state index in [0.717, 1.165) is 45.1 Å². The quantitative estimate of drug-likeness (QED) is 0.197. The highest BCUT2D eigenvalue weighted by atomic mass is 16.2. The molecular formula is C29H52N6O5. The summed E-state index contributed by atoms with van der Waals surface area (Å²) in [6.45, 7) is 10.4. The van der Waals surface area contributed by atoms with Gasteiger partial charge in [-0.25, -0.2) is 0 Å². The zero-order chi connectivity index (χ0) is 29.5. The Labute approximate surface area is 239 Å². The average Bonchev–Trinajstić information content (AvgIpc) is 3.59. The molecule has 0 aromatic heterocycles. The summed E-state index contributed by atoms with van der Waals surface area (Å²) in [5, 5.41) is 12.2. The second-order valence-electron chi connectivity index (χ2n) is 11.4. The van der Waals surface area contributed by atoms with E-state index < -0.39 is 18.1 Å². The molecule has 40 heavy (non-hydrogen) atoms. The monoisotopic (exact) mass is 564 g/mol. The van der Waals surface area contributed by atoms with Crippen LogP contribution in [0.25, 0.3) is 0 Å². The van der Waals surface area contributed by atoms with Crippen LogP contribution in [0.2, 0.25) is 0 Å². The van der Waals surface area contributed by atoms with Crippen LogP contribution in [-0.4, -0.2) is 96.2 Å². The summed E-state index contributed by atoms with van der Waals surface area (Å²) in [5.74, 6) is -0.862. The number of hydrogen-bond acceptors (Lipinski definition) is 6. The molecule has 0 bridgehead atoms. The molecule has 0 radical (unpaired) electrons. The normalized spacial score (nSPS) is 19.5. The highest BCUT2D eigenvalue weighted by Crippen LogP contribution is 2.19. The summed E-state index contributed by atoms with van der Waals surface area (Å²) in [5.41, 5.74) is 0. The molecule has 4 N–H and O–H groups in total. The van der Waals surface area contributed by atoms with Crippen LogP contribution in [0.15, 0.2) is 0 Å². The van der Waals surface area contributed by atoms with Gasteiger partial charge in [0.05, 0.1) is 0 Å². The van der Waals surface area contributed by atoms with Crippen LogP contribution < -0.4 is 21.3 Å². The molecular weight excluding hydrogens is 512 g/mol. The van der Waals surface area contributed by atoms with Crippen LogP contribution in [0.5, 0.6) is 0 Å². The van der Waals surface area contributed by atoms with Crippen LogP contribution in [0, 0.1) is 0 Å². The van der Waals surface area contributed by atoms with E-state index in [-0.39, 0.29) is 29.5 Å². The summed E-state index contributed by atoms with van der Waals surface area (Å²) < 4.78 is 0. The second kappa shape index (κ2) is 17.9. The predicted molar refractivity (Wildman–Crippen MR) is 154 cm³/mol. The molecule has 2 aliphatic heterocycles. The Hall–Kier alpha value is -2.69. The second-order valence-corrected chi connectivity index (χ2v) is 11.4. The van der Waals surface area contributed by atoms with Crippen molar-refractivity contribution in [2.45, 2.75) is 122 Å². The maximum absolute atomic E-state index is 13.0. The van der Waals surface area contributed by atoms with Crippen LogP contribution in [0.3, 0.4) is 0 Å². The highest BCUT2D eigenvalue weighted by molar-refractivity contribution is 5.92. The molecule has 0 aromatic carbocycles. The van der Waals surface area contributed by atoms with Gasteiger partial charge in [0.1, 0.15) is 18.1 Å². The van der Waals surface area contributed by atoms with Crippen molar-refractivity contribution in [3.8, 4) is 0 Å². The third kappa shape index (κ3) is 11.4. The average molecular weight is 565 g/mol. The first-order valence-corrected chi connectivity index (χ1v) is 15.3. The largest absolute Gasteiger partial charge is 0.354 e. The Bertz CT molecular complexity index is 851. The van der Waals surface area contributed by atoms with E-state index in [1.165, 1.54) is 13.8 Å². The van der Waals surface area contributed by atoms with E-state index in [2.05, 4.69) is 35.1 Å². The lowest BCUT2D eigenvalue weighted by molar-refractivity contribution is -0.138. The Balaban J connectivity index is 1.80. The van der Waals surface area contributed by atoms with Crippen LogP contribution in [0.4, 0.5) is 0 Å². The maximum atomic E-state index is 13.0. The van der Waals surface area contributed by atoms with Gasteiger partial charge in [-0.1, -0.05) is 26.7 Å². The van der Waals surface area contributed by atoms with Gasteiger partial charge >= 0.3 is 0 Å². The SMILES string of the molecule is CC(=O)N1CCCC1C(=O)NCCCCC(NC(=O)C1CCCN1C(C)=O)C(=O)NCCCCCCNC(C)C. The van der Waals surface area contributed by atoms with Crippen molar-refractivity contribution in [3.05, 3.63) is 0 Å². The summed E-state index contributed by atoms with van der Waals surface area (Å²) in [6, 6.07) is -1.16. The molecule has 11 nitrogen and oxygen atoms in total. The van der Waals surface area contributed by atoms with Gasteiger partial charge in [0.2, 0.25) is 29.5 Å². The lowest BCUT2D eigenvalue weighted by Crippen LogP contribution is -2.53. The number of nitrogens with one attached hydrogen (secondary N) is 4. The van der Waals surface area contributed by atoms with Gasteiger partial charge in [-0.05, 0) is 64.3 Å². The first-order chi connectivity index (χ1) is 19.1. The number of nitrogens with zero attached hydrogens (tertiary/aromatic N) is 2. The molecule has 2 heterocycles. The van der Waals surface area contributed by atoms with E-state index in [4.69, 9.17) is 0 Å². The van der Waals surface area contributed by atoms with Gasteiger partial charge in [0.15, 0.2) is 0 Å². The fourth-order valence-electron chi connectivity index (χ4n) is 5.50. The van der Waals surface area contributed by atoms with Gasteiger partial charge in [-0.3, -0.25) is 24.0 Å². The predicted octanol–water partition coefficient (Wildman–Crippen LogP) is 1.45. The number of carbonyl (C=O) groups is 5. The molecule has 0 aliphatic carbocycles. The molecule has 2 fully saturated rings. The Morgan fingerprint density at radius 3 is 1.80 bits per heavy atom. The first-order valence-electron chi connectivity index (χ1n) is 15.3. The first kappa shape index (κ1) is 33.5. The van der Waals surface area contributed by atoms with Crippen molar-refractivity contribution < 1.29 is 24.0 Å². The van der Waals surface area contributed by atoms with Crippen molar-refractivity contribution >= 4 is 29.5 Å². The fourth-order valence-corrected chi connectivity index (χ4v) is 5.50. The van der Waals surface area contributed by atoms with E-state index in [0.29, 0.717) is 64.3 Å². The molecule has 2 rings (SSSR count). The Morgan fingerprint density at radius 1 is 0.700 bits per heavy atom. The third-order valence-electron chi connectivity index (χ3n) is 7.73. The van der Waals surface area contributed by atoms with E-state index in [1.54, 1.807) is 9.80 Å². The van der Waals surface area contributed by atoms with Crippen LogP contribution in [0.1, 0.15) is 98.3 Å². The lowest BCUT2D eigenvalue weighted by Gasteiger charge is -2.25. The fraction of sp³-hybridized carbons (Fsp3) is 0.828. The number of hydrogen-bond donors (Lipinski definition) is 4. The molecule has 0 saturated carbocycles. The molecule has 11 heteroatoms. The van der Waals surface area contributed by atoms with E-state index >= 15 is 0 Å². The topological polar surface area (TPSA) is 140 Å².